The maximum Gasteiger partial charge on any atom is 0.271 e. The standard InChI is InChI=1S/C18H12FN3O2S/c19-12-8-22-13(7-11(12)9-3-5-20-6-4-9)14(10-1-2-10)16-15(18(22)24)17(23)21-25-16/h3-8,10H,1-2H2,(H,21,23). The smallest absolute Gasteiger partial charge is 0.271 e. The summed E-state index contributed by atoms with van der Waals surface area (Å²) in [6.45, 7) is 0. The van der Waals surface area contributed by atoms with Crippen LogP contribution in [0.3, 0.4) is 0 Å². The van der Waals surface area contributed by atoms with Crippen molar-refractivity contribution in [3.05, 3.63) is 68.9 Å². The van der Waals surface area contributed by atoms with Gasteiger partial charge in [0.1, 0.15) is 11.2 Å². The number of halogens is 1. The van der Waals surface area contributed by atoms with Gasteiger partial charge in [-0.25, -0.2) is 4.39 Å². The van der Waals surface area contributed by atoms with Gasteiger partial charge in [-0.2, -0.15) is 0 Å². The topological polar surface area (TPSA) is 67.2 Å². The highest BCUT2D eigenvalue weighted by molar-refractivity contribution is 7.13. The van der Waals surface area contributed by atoms with E-state index in [9.17, 15) is 14.0 Å². The van der Waals surface area contributed by atoms with Gasteiger partial charge in [0, 0.05) is 24.2 Å². The first-order chi connectivity index (χ1) is 12.1. The molecule has 0 spiro atoms. The van der Waals surface area contributed by atoms with Crippen LogP contribution in [0, 0.1) is 5.82 Å². The van der Waals surface area contributed by atoms with Gasteiger partial charge in [0.15, 0.2) is 0 Å². The van der Waals surface area contributed by atoms with E-state index in [0.29, 0.717) is 27.3 Å². The summed E-state index contributed by atoms with van der Waals surface area (Å²) in [5, 5.41) is 0.125. The average molecular weight is 353 g/mol. The van der Waals surface area contributed by atoms with Crippen molar-refractivity contribution in [2.75, 3.05) is 0 Å². The summed E-state index contributed by atoms with van der Waals surface area (Å²) in [7, 11) is 0. The highest BCUT2D eigenvalue weighted by atomic mass is 32.1. The first kappa shape index (κ1) is 14.5. The van der Waals surface area contributed by atoms with Gasteiger partial charge in [-0.05, 0) is 48.1 Å². The number of H-pyrrole nitrogens is 1. The Bertz CT molecular complexity index is 1250. The minimum atomic E-state index is -0.506. The molecule has 1 aliphatic rings. The van der Waals surface area contributed by atoms with Crippen LogP contribution < -0.4 is 11.1 Å². The van der Waals surface area contributed by atoms with E-state index in [2.05, 4.69) is 9.36 Å². The summed E-state index contributed by atoms with van der Waals surface area (Å²) in [4.78, 5) is 28.8. The first-order valence-electron chi connectivity index (χ1n) is 7.94. The lowest BCUT2D eigenvalue weighted by atomic mass is 10.0. The molecule has 1 N–H and O–H groups in total. The molecule has 1 saturated carbocycles. The Kier molecular flexibility index (Phi) is 2.96. The zero-order valence-corrected chi connectivity index (χ0v) is 13.8. The van der Waals surface area contributed by atoms with Gasteiger partial charge >= 0.3 is 0 Å². The van der Waals surface area contributed by atoms with Gasteiger partial charge in [-0.15, -0.1) is 0 Å². The third-order valence-electron chi connectivity index (χ3n) is 4.67. The maximum atomic E-state index is 14.7. The third kappa shape index (κ3) is 2.09. The van der Waals surface area contributed by atoms with Crippen LogP contribution >= 0.6 is 11.5 Å². The van der Waals surface area contributed by atoms with Gasteiger partial charge in [0.2, 0.25) is 0 Å². The molecule has 4 aromatic heterocycles. The molecule has 0 radical (unpaired) electrons. The first-order valence-corrected chi connectivity index (χ1v) is 8.76. The van der Waals surface area contributed by atoms with Crippen molar-refractivity contribution in [2.24, 2.45) is 0 Å². The molecular weight excluding hydrogens is 341 g/mol. The molecule has 4 aromatic rings. The van der Waals surface area contributed by atoms with Crippen LogP contribution in [0.1, 0.15) is 24.3 Å². The molecule has 0 atom stereocenters. The second-order valence-corrected chi connectivity index (χ2v) is 7.07. The lowest BCUT2D eigenvalue weighted by Gasteiger charge is -2.11. The number of nitrogens with one attached hydrogen (secondary N) is 1. The molecule has 0 bridgehead atoms. The molecule has 4 heterocycles. The van der Waals surface area contributed by atoms with Crippen LogP contribution in [0.5, 0.6) is 0 Å². The van der Waals surface area contributed by atoms with Crippen LogP contribution in [-0.2, 0) is 0 Å². The van der Waals surface area contributed by atoms with Gasteiger partial charge in [0.05, 0.1) is 10.2 Å². The molecule has 7 heteroatoms. The molecule has 5 nitrogen and oxygen atoms in total. The second kappa shape index (κ2) is 5.10. The summed E-state index contributed by atoms with van der Waals surface area (Å²) in [5.41, 5.74) is 1.88. The quantitative estimate of drug-likeness (QED) is 0.601. The number of hydrogen-bond acceptors (Lipinski definition) is 4. The lowest BCUT2D eigenvalue weighted by Crippen LogP contribution is -2.20. The van der Waals surface area contributed by atoms with Crippen LogP contribution in [0.4, 0.5) is 4.39 Å². The summed E-state index contributed by atoms with van der Waals surface area (Å²) in [6.07, 6.45) is 6.42. The minimum Gasteiger partial charge on any atom is -0.280 e. The fourth-order valence-electron chi connectivity index (χ4n) is 3.35. The third-order valence-corrected chi connectivity index (χ3v) is 5.59. The lowest BCUT2D eigenvalue weighted by molar-refractivity contribution is 0.621. The second-order valence-electron chi connectivity index (χ2n) is 6.26. The van der Waals surface area contributed by atoms with E-state index in [0.717, 1.165) is 18.4 Å². The van der Waals surface area contributed by atoms with Crippen LogP contribution in [0.15, 0.2) is 46.4 Å². The molecule has 5 rings (SSSR count). The van der Waals surface area contributed by atoms with Crippen LogP contribution in [-0.4, -0.2) is 13.8 Å². The van der Waals surface area contributed by atoms with Gasteiger partial charge in [-0.1, -0.05) is 11.5 Å². The normalized spacial score (nSPS) is 14.4. The Labute approximate surface area is 144 Å². The van der Waals surface area contributed by atoms with E-state index >= 15 is 0 Å². The highest BCUT2D eigenvalue weighted by Crippen LogP contribution is 2.45. The molecular formula is C18H12FN3O2S. The number of aromatic nitrogens is 3. The SMILES string of the molecule is O=c1[nH]sc2c(C3CC3)c3cc(-c4ccncc4)c(F)cn3c(=O)c12. The maximum absolute atomic E-state index is 14.7. The molecule has 0 unspecified atom stereocenters. The van der Waals surface area contributed by atoms with E-state index in [4.69, 9.17) is 0 Å². The molecule has 0 saturated heterocycles. The summed E-state index contributed by atoms with van der Waals surface area (Å²) >= 11 is 1.19. The number of aromatic amines is 1. The van der Waals surface area contributed by atoms with E-state index in [-0.39, 0.29) is 5.39 Å². The van der Waals surface area contributed by atoms with Crippen molar-refractivity contribution < 1.29 is 4.39 Å². The molecule has 0 amide bonds. The summed E-state index contributed by atoms with van der Waals surface area (Å²) in [6, 6.07) is 5.18. The monoisotopic (exact) mass is 353 g/mol. The number of fused-ring (bicyclic) bond motifs is 2. The van der Waals surface area contributed by atoms with Crippen LogP contribution in [0.25, 0.3) is 26.7 Å². The van der Waals surface area contributed by atoms with E-state index < -0.39 is 16.9 Å². The van der Waals surface area contributed by atoms with Crippen molar-refractivity contribution in [3.8, 4) is 11.1 Å². The van der Waals surface area contributed by atoms with Crippen molar-refractivity contribution in [1.29, 1.82) is 0 Å². The summed E-state index contributed by atoms with van der Waals surface area (Å²) < 4.78 is 19.3. The van der Waals surface area contributed by atoms with Crippen molar-refractivity contribution in [1.82, 2.24) is 13.8 Å². The Morgan fingerprint density at radius 3 is 2.72 bits per heavy atom. The van der Waals surface area contributed by atoms with Crippen molar-refractivity contribution in [3.63, 3.8) is 0 Å². The van der Waals surface area contributed by atoms with E-state index in [1.54, 1.807) is 30.6 Å². The fourth-order valence-corrected chi connectivity index (χ4v) is 4.31. The molecule has 0 aliphatic heterocycles. The minimum absolute atomic E-state index is 0.125. The Morgan fingerprint density at radius 1 is 1.24 bits per heavy atom. The predicted molar refractivity (Wildman–Crippen MR) is 94.8 cm³/mol. The van der Waals surface area contributed by atoms with Crippen molar-refractivity contribution >= 4 is 27.1 Å². The van der Waals surface area contributed by atoms with Gasteiger partial charge in [-0.3, -0.25) is 23.3 Å². The number of hydrogen-bond donors (Lipinski definition) is 1. The van der Waals surface area contributed by atoms with E-state index in [1.165, 1.54) is 22.1 Å². The number of pyridine rings is 3. The molecule has 25 heavy (non-hydrogen) atoms. The molecule has 124 valence electrons. The average Bonchev–Trinajstić information content (AvgIpc) is 3.38. The molecule has 1 aliphatic carbocycles. The Hall–Kier alpha value is -2.80. The zero-order valence-electron chi connectivity index (χ0n) is 13.0. The predicted octanol–water partition coefficient (Wildman–Crippen LogP) is 3.28. The fraction of sp³-hybridized carbons (Fsp3) is 0.167. The largest absolute Gasteiger partial charge is 0.280 e. The summed E-state index contributed by atoms with van der Waals surface area (Å²) in [5.74, 6) is -0.200. The Morgan fingerprint density at radius 2 is 2.00 bits per heavy atom. The van der Waals surface area contributed by atoms with Crippen molar-refractivity contribution in [2.45, 2.75) is 18.8 Å². The Balaban J connectivity index is 1.96. The molecule has 1 fully saturated rings. The highest BCUT2D eigenvalue weighted by Gasteiger charge is 2.30. The number of rotatable bonds is 2. The molecule has 0 aromatic carbocycles. The zero-order chi connectivity index (χ0) is 17.1. The van der Waals surface area contributed by atoms with Gasteiger partial charge < -0.3 is 0 Å². The van der Waals surface area contributed by atoms with E-state index in [1.807, 2.05) is 0 Å². The number of nitrogens with zero attached hydrogens (tertiary/aromatic N) is 2. The van der Waals surface area contributed by atoms with Gasteiger partial charge in [0.25, 0.3) is 11.1 Å². The van der Waals surface area contributed by atoms with Crippen LogP contribution in [0.2, 0.25) is 0 Å².